The summed E-state index contributed by atoms with van der Waals surface area (Å²) in [7, 11) is 6.14. The van der Waals surface area contributed by atoms with E-state index >= 15 is 0 Å². The summed E-state index contributed by atoms with van der Waals surface area (Å²) in [6, 6.07) is 10.7. The van der Waals surface area contributed by atoms with Gasteiger partial charge in [-0.25, -0.2) is 9.78 Å². The Bertz CT molecular complexity index is 1340. The summed E-state index contributed by atoms with van der Waals surface area (Å²) in [5, 5.41) is 11.6. The van der Waals surface area contributed by atoms with Gasteiger partial charge >= 0.3 is 6.03 Å². The highest BCUT2D eigenvalue weighted by Crippen LogP contribution is 2.29. The summed E-state index contributed by atoms with van der Waals surface area (Å²) < 4.78 is 1.72. The number of carbonyl (C=O) groups is 1. The summed E-state index contributed by atoms with van der Waals surface area (Å²) in [6.07, 6.45) is 6.74. The normalized spacial score (nSPS) is 14.3. The molecule has 1 aliphatic rings. The molecule has 176 valence electrons. The number of fused-ring (bicyclic) bond motifs is 1. The summed E-state index contributed by atoms with van der Waals surface area (Å²) in [6.45, 7) is 1.80. The molecule has 35 heavy (non-hydrogen) atoms. The number of nitrogens with zero attached hydrogens (tertiary/aromatic N) is 5. The Balaban J connectivity index is 1.28. The van der Waals surface area contributed by atoms with Crippen LogP contribution in [0.15, 0.2) is 55.0 Å². The van der Waals surface area contributed by atoms with Crippen LogP contribution in [-0.4, -0.2) is 51.4 Å². The van der Waals surface area contributed by atoms with Crippen molar-refractivity contribution in [1.82, 2.24) is 24.5 Å². The van der Waals surface area contributed by atoms with Crippen LogP contribution in [-0.2, 0) is 6.54 Å². The first-order chi connectivity index (χ1) is 17.0. The number of amides is 2. The molecule has 11 heteroatoms. The number of likely N-dealkylation sites (tertiary alicyclic amines) is 1. The molecular formula is C24H22BCl2N7O. The first-order valence-corrected chi connectivity index (χ1v) is 12.0. The van der Waals surface area contributed by atoms with Crippen molar-refractivity contribution in [3.63, 3.8) is 0 Å². The van der Waals surface area contributed by atoms with Crippen molar-refractivity contribution in [2.75, 3.05) is 23.7 Å². The molecule has 2 radical (unpaired) electrons. The molecule has 0 atom stereocenters. The Morgan fingerprint density at radius 1 is 1.11 bits per heavy atom. The molecule has 0 unspecified atom stereocenters. The van der Waals surface area contributed by atoms with E-state index in [1.807, 2.05) is 24.4 Å². The SMILES string of the molecule is [B]c1cnn2c(NCc3cccnc3)cc(C3CCN(C(=O)Nc4cc(Cl)cc(Cl)c4)CC3)nc12. The van der Waals surface area contributed by atoms with Crippen LogP contribution in [0.2, 0.25) is 10.0 Å². The van der Waals surface area contributed by atoms with Crippen LogP contribution in [0.1, 0.15) is 30.0 Å². The van der Waals surface area contributed by atoms with Crippen molar-refractivity contribution < 1.29 is 4.79 Å². The quantitative estimate of drug-likeness (QED) is 0.396. The molecule has 4 heterocycles. The van der Waals surface area contributed by atoms with E-state index in [-0.39, 0.29) is 11.9 Å². The molecule has 1 aliphatic heterocycles. The zero-order valence-electron chi connectivity index (χ0n) is 18.8. The number of hydrogen-bond acceptors (Lipinski definition) is 5. The lowest BCUT2D eigenvalue weighted by molar-refractivity contribution is 0.194. The van der Waals surface area contributed by atoms with E-state index < -0.39 is 0 Å². The van der Waals surface area contributed by atoms with Gasteiger partial charge in [0, 0.05) is 71.6 Å². The molecule has 4 aromatic rings. The van der Waals surface area contributed by atoms with Crippen LogP contribution in [0.25, 0.3) is 5.65 Å². The second-order valence-corrected chi connectivity index (χ2v) is 9.34. The van der Waals surface area contributed by atoms with Crippen molar-refractivity contribution >= 4 is 59.7 Å². The van der Waals surface area contributed by atoms with Gasteiger partial charge < -0.3 is 15.5 Å². The van der Waals surface area contributed by atoms with Crippen LogP contribution < -0.4 is 16.1 Å². The Morgan fingerprint density at radius 2 is 1.89 bits per heavy atom. The first-order valence-electron chi connectivity index (χ1n) is 11.3. The molecule has 3 aromatic heterocycles. The van der Waals surface area contributed by atoms with Gasteiger partial charge in [-0.1, -0.05) is 29.3 Å². The lowest BCUT2D eigenvalue weighted by Gasteiger charge is -2.32. The largest absolute Gasteiger partial charge is 0.366 e. The topological polar surface area (TPSA) is 87.5 Å². The number of piperidine rings is 1. The van der Waals surface area contributed by atoms with Crippen LogP contribution in [0.4, 0.5) is 16.3 Å². The number of anilines is 2. The first kappa shape index (κ1) is 23.4. The molecule has 0 bridgehead atoms. The minimum absolute atomic E-state index is 0.177. The molecule has 0 aliphatic carbocycles. The fourth-order valence-corrected chi connectivity index (χ4v) is 4.76. The highest BCUT2D eigenvalue weighted by Gasteiger charge is 2.26. The molecule has 5 rings (SSSR count). The number of halogens is 2. The summed E-state index contributed by atoms with van der Waals surface area (Å²) in [4.78, 5) is 23.5. The number of aromatic nitrogens is 4. The van der Waals surface area contributed by atoms with Gasteiger partial charge in [0.1, 0.15) is 19.3 Å². The van der Waals surface area contributed by atoms with Gasteiger partial charge in [-0.3, -0.25) is 4.98 Å². The van der Waals surface area contributed by atoms with Crippen LogP contribution in [0, 0.1) is 0 Å². The molecule has 8 nitrogen and oxygen atoms in total. The number of nitrogens with one attached hydrogen (secondary N) is 2. The zero-order chi connectivity index (χ0) is 24.4. The van der Waals surface area contributed by atoms with E-state index in [1.54, 1.807) is 40.0 Å². The third kappa shape index (κ3) is 5.36. The second-order valence-electron chi connectivity index (χ2n) is 8.47. The van der Waals surface area contributed by atoms with E-state index in [0.29, 0.717) is 46.5 Å². The lowest BCUT2D eigenvalue weighted by Crippen LogP contribution is -2.40. The molecule has 0 spiro atoms. The van der Waals surface area contributed by atoms with Gasteiger partial charge in [0.05, 0.1) is 0 Å². The van der Waals surface area contributed by atoms with E-state index in [1.165, 1.54) is 0 Å². The average molecular weight is 506 g/mol. The van der Waals surface area contributed by atoms with E-state index in [2.05, 4.69) is 20.7 Å². The Kier molecular flexibility index (Phi) is 6.79. The van der Waals surface area contributed by atoms with Gasteiger partial charge in [-0.2, -0.15) is 9.61 Å². The molecule has 1 saturated heterocycles. The van der Waals surface area contributed by atoms with Crippen LogP contribution >= 0.6 is 23.2 Å². The number of benzene rings is 1. The monoisotopic (exact) mass is 505 g/mol. The van der Waals surface area contributed by atoms with E-state index in [0.717, 1.165) is 29.9 Å². The van der Waals surface area contributed by atoms with Crippen molar-refractivity contribution in [2.45, 2.75) is 25.3 Å². The maximum atomic E-state index is 12.8. The van der Waals surface area contributed by atoms with Gasteiger partial charge in [0.2, 0.25) is 0 Å². The third-order valence-corrected chi connectivity index (χ3v) is 6.47. The van der Waals surface area contributed by atoms with Crippen molar-refractivity contribution in [3.8, 4) is 0 Å². The van der Waals surface area contributed by atoms with Crippen molar-refractivity contribution in [2.24, 2.45) is 0 Å². The number of urea groups is 1. The Morgan fingerprint density at radius 3 is 2.60 bits per heavy atom. The van der Waals surface area contributed by atoms with E-state index in [9.17, 15) is 4.79 Å². The predicted molar refractivity (Wildman–Crippen MR) is 139 cm³/mol. The third-order valence-electron chi connectivity index (χ3n) is 6.03. The Hall–Kier alpha value is -3.30. The van der Waals surface area contributed by atoms with Crippen molar-refractivity contribution in [3.05, 3.63) is 76.3 Å². The minimum Gasteiger partial charge on any atom is -0.366 e. The predicted octanol–water partition coefficient (Wildman–Crippen LogP) is 4.25. The maximum absolute atomic E-state index is 12.8. The number of pyridine rings is 1. The Labute approximate surface area is 214 Å². The number of carbonyl (C=O) groups excluding carboxylic acids is 1. The van der Waals surface area contributed by atoms with E-state index in [4.69, 9.17) is 36.0 Å². The lowest BCUT2D eigenvalue weighted by atomic mass is 9.93. The minimum atomic E-state index is -0.177. The smallest absolute Gasteiger partial charge is 0.321 e. The van der Waals surface area contributed by atoms with Gasteiger partial charge in [0.25, 0.3) is 0 Å². The van der Waals surface area contributed by atoms with Crippen LogP contribution in [0.3, 0.4) is 0 Å². The molecule has 2 amide bonds. The van der Waals surface area contributed by atoms with Crippen molar-refractivity contribution in [1.29, 1.82) is 0 Å². The molecule has 1 aromatic carbocycles. The zero-order valence-corrected chi connectivity index (χ0v) is 20.3. The average Bonchev–Trinajstić information content (AvgIpc) is 3.23. The summed E-state index contributed by atoms with van der Waals surface area (Å²) >= 11 is 12.1. The highest BCUT2D eigenvalue weighted by atomic mass is 35.5. The van der Waals surface area contributed by atoms with Gasteiger partial charge in [-0.05, 0) is 48.1 Å². The standard InChI is InChI=1S/C24H22BCl2N7O/c25-20-14-30-34-22(29-13-15-2-1-5-28-12-15)11-21(32-23(20)34)16-3-6-33(7-4-16)24(35)31-19-9-17(26)8-18(27)10-19/h1-2,5,8-12,14,16,29H,3-4,6-7,13H2,(H,31,35). The highest BCUT2D eigenvalue weighted by molar-refractivity contribution is 6.36. The fraction of sp³-hybridized carbons (Fsp3) is 0.250. The second kappa shape index (κ2) is 10.1. The summed E-state index contributed by atoms with van der Waals surface area (Å²) in [5.41, 5.74) is 3.70. The summed E-state index contributed by atoms with van der Waals surface area (Å²) in [5.74, 6) is 1.00. The molecular weight excluding hydrogens is 484 g/mol. The number of hydrogen-bond donors (Lipinski definition) is 2. The molecule has 2 N–H and O–H groups in total. The number of rotatable bonds is 5. The van der Waals surface area contributed by atoms with Gasteiger partial charge in [0.15, 0.2) is 0 Å². The fourth-order valence-electron chi connectivity index (χ4n) is 4.24. The molecule has 0 saturated carbocycles. The molecule has 1 fully saturated rings. The van der Waals surface area contributed by atoms with Gasteiger partial charge in [-0.15, -0.1) is 0 Å². The van der Waals surface area contributed by atoms with Crippen LogP contribution in [0.5, 0.6) is 0 Å². The maximum Gasteiger partial charge on any atom is 0.321 e.